The van der Waals surface area contributed by atoms with E-state index in [1.165, 1.54) is 0 Å². The van der Waals surface area contributed by atoms with Gasteiger partial charge in [-0.1, -0.05) is 136 Å². The van der Waals surface area contributed by atoms with E-state index in [0.717, 1.165) is 55.5 Å². The number of imidazole rings is 1. The number of aromatic nitrogens is 3. The Morgan fingerprint density at radius 3 is 1.80 bits per heavy atom. The number of fused-ring (bicyclic) bond motifs is 1. The molecule has 0 fully saturated rings. The zero-order chi connectivity index (χ0) is 34.2. The molecular formula is C46H36N3OPt-. The van der Waals surface area contributed by atoms with Gasteiger partial charge in [-0.05, 0) is 46.4 Å². The van der Waals surface area contributed by atoms with Gasteiger partial charge in [0.2, 0.25) is 0 Å². The van der Waals surface area contributed by atoms with E-state index in [4.69, 9.17) is 9.97 Å². The number of pyridine rings is 1. The van der Waals surface area contributed by atoms with E-state index in [1.807, 2.05) is 42.5 Å². The number of hydrogen-bond acceptors (Lipinski definition) is 3. The van der Waals surface area contributed by atoms with Crippen molar-refractivity contribution in [3.05, 3.63) is 169 Å². The second kappa shape index (κ2) is 14.0. The van der Waals surface area contributed by atoms with Gasteiger partial charge < -0.3 is 5.11 Å². The summed E-state index contributed by atoms with van der Waals surface area (Å²) in [4.78, 5) is 10.7. The first kappa shape index (κ1) is 33.9. The Balaban J connectivity index is 0.00000406. The van der Waals surface area contributed by atoms with Gasteiger partial charge in [0.15, 0.2) is 5.82 Å². The van der Waals surface area contributed by atoms with Gasteiger partial charge in [0.1, 0.15) is 11.4 Å². The average Bonchev–Trinajstić information content (AvgIpc) is 3.60. The third kappa shape index (κ3) is 6.56. The van der Waals surface area contributed by atoms with Crippen molar-refractivity contribution >= 4 is 10.8 Å². The molecule has 51 heavy (non-hydrogen) atoms. The molecule has 8 rings (SSSR count). The van der Waals surface area contributed by atoms with Gasteiger partial charge in [-0.15, -0.1) is 35.0 Å². The SMILES string of the molecule is CC(C)(C)c1cc(-c2ccccc2O)nc(-c2nc(-c3cccc4ccc[c-]c34)cn2-c2c(-c3ccccc3)cccc2-c2ccccc2)c1.[Pt]. The molecule has 2 heterocycles. The van der Waals surface area contributed by atoms with E-state index >= 15 is 0 Å². The van der Waals surface area contributed by atoms with Crippen LogP contribution in [0.5, 0.6) is 5.75 Å². The predicted molar refractivity (Wildman–Crippen MR) is 205 cm³/mol. The minimum atomic E-state index is -0.196. The van der Waals surface area contributed by atoms with Crippen LogP contribution in [0.4, 0.5) is 0 Å². The first-order valence-electron chi connectivity index (χ1n) is 16.9. The minimum absolute atomic E-state index is 0. The number of aromatic hydroxyl groups is 1. The topological polar surface area (TPSA) is 50.9 Å². The smallest absolute Gasteiger partial charge is 0.163 e. The fraction of sp³-hybridized carbons (Fsp3) is 0.0870. The number of hydrogen-bond donors (Lipinski definition) is 1. The van der Waals surface area contributed by atoms with Crippen LogP contribution in [0.1, 0.15) is 26.3 Å². The van der Waals surface area contributed by atoms with Gasteiger partial charge in [-0.2, -0.15) is 0 Å². The number of benzene rings is 6. The molecule has 0 amide bonds. The Morgan fingerprint density at radius 2 is 1.14 bits per heavy atom. The molecule has 0 radical (unpaired) electrons. The molecule has 0 aliphatic rings. The maximum atomic E-state index is 11.0. The number of para-hydroxylation sites is 2. The fourth-order valence-corrected chi connectivity index (χ4v) is 6.64. The maximum Gasteiger partial charge on any atom is 0.163 e. The third-order valence-electron chi connectivity index (χ3n) is 9.23. The van der Waals surface area contributed by atoms with Crippen molar-refractivity contribution in [3.63, 3.8) is 0 Å². The Labute approximate surface area is 313 Å². The second-order valence-corrected chi connectivity index (χ2v) is 13.6. The first-order chi connectivity index (χ1) is 24.3. The summed E-state index contributed by atoms with van der Waals surface area (Å²) in [6, 6.07) is 55.0. The Morgan fingerprint density at radius 1 is 0.569 bits per heavy atom. The summed E-state index contributed by atoms with van der Waals surface area (Å²) in [6.45, 7) is 6.59. The van der Waals surface area contributed by atoms with Crippen molar-refractivity contribution in [2.24, 2.45) is 0 Å². The van der Waals surface area contributed by atoms with Crippen LogP contribution in [-0.4, -0.2) is 19.6 Å². The van der Waals surface area contributed by atoms with Gasteiger partial charge in [0.25, 0.3) is 0 Å². The van der Waals surface area contributed by atoms with Crippen LogP contribution in [0.25, 0.3) is 72.7 Å². The number of phenols is 1. The molecule has 8 aromatic rings. The predicted octanol–water partition coefficient (Wildman–Crippen LogP) is 11.6. The molecule has 1 N–H and O–H groups in total. The summed E-state index contributed by atoms with van der Waals surface area (Å²) >= 11 is 0. The van der Waals surface area contributed by atoms with Crippen LogP contribution < -0.4 is 0 Å². The summed E-state index contributed by atoms with van der Waals surface area (Å²) in [5.74, 6) is 0.893. The molecule has 0 unspecified atom stereocenters. The summed E-state index contributed by atoms with van der Waals surface area (Å²) < 4.78 is 2.21. The van der Waals surface area contributed by atoms with Crippen molar-refractivity contribution < 1.29 is 26.2 Å². The zero-order valence-electron chi connectivity index (χ0n) is 28.6. The maximum absolute atomic E-state index is 11.0. The molecule has 0 bridgehead atoms. The number of rotatable bonds is 6. The molecule has 2 aromatic heterocycles. The van der Waals surface area contributed by atoms with E-state index in [0.29, 0.717) is 22.8 Å². The van der Waals surface area contributed by atoms with E-state index < -0.39 is 0 Å². The monoisotopic (exact) mass is 841 g/mol. The summed E-state index contributed by atoms with van der Waals surface area (Å²) in [7, 11) is 0. The van der Waals surface area contributed by atoms with Gasteiger partial charge in [0, 0.05) is 49.6 Å². The molecule has 0 aliphatic heterocycles. The number of phenolic OH excluding ortho intramolecular Hbond substituents is 1. The first-order valence-corrected chi connectivity index (χ1v) is 16.9. The molecule has 4 nitrogen and oxygen atoms in total. The fourth-order valence-electron chi connectivity index (χ4n) is 6.64. The van der Waals surface area contributed by atoms with E-state index in [9.17, 15) is 5.11 Å². The summed E-state index contributed by atoms with van der Waals surface area (Å²) in [5, 5.41) is 13.1. The average molecular weight is 842 g/mol. The molecule has 0 atom stereocenters. The Kier molecular flexibility index (Phi) is 9.29. The number of nitrogens with zero attached hydrogens (tertiary/aromatic N) is 3. The molecule has 0 saturated carbocycles. The Hall–Kier alpha value is -5.57. The Bertz CT molecular complexity index is 2420. The standard InChI is InChI=1S/C46H36N3O.Pt/c1-46(2,3)34-28-40(39-23-12-13-27-43(39)50)47-41(29-34)45-48-42(38-26-14-21-31-20-10-11-22-35(31)38)30-49(45)44-36(32-16-6-4-7-17-32)24-15-25-37(44)33-18-8-5-9-19-33;/h4-21,23-30,50H,1-3H3;/q-1;. The van der Waals surface area contributed by atoms with Crippen LogP contribution in [0.2, 0.25) is 0 Å². The normalized spacial score (nSPS) is 11.4. The van der Waals surface area contributed by atoms with Gasteiger partial charge in [0.05, 0.1) is 11.4 Å². The van der Waals surface area contributed by atoms with Gasteiger partial charge >= 0.3 is 0 Å². The quantitative estimate of drug-likeness (QED) is 0.170. The zero-order valence-corrected chi connectivity index (χ0v) is 30.9. The molecule has 6 aromatic carbocycles. The minimum Gasteiger partial charge on any atom is -0.507 e. The molecule has 5 heteroatoms. The van der Waals surface area contributed by atoms with Crippen LogP contribution in [0.15, 0.2) is 158 Å². The van der Waals surface area contributed by atoms with E-state index in [1.54, 1.807) is 6.07 Å². The van der Waals surface area contributed by atoms with Crippen LogP contribution in [-0.2, 0) is 26.5 Å². The molecule has 0 aliphatic carbocycles. The van der Waals surface area contributed by atoms with Crippen molar-refractivity contribution in [1.29, 1.82) is 0 Å². The largest absolute Gasteiger partial charge is 0.507 e. The molecular weight excluding hydrogens is 806 g/mol. The van der Waals surface area contributed by atoms with Crippen LogP contribution in [0, 0.1) is 6.07 Å². The molecule has 252 valence electrons. The van der Waals surface area contributed by atoms with Crippen molar-refractivity contribution in [2.45, 2.75) is 26.2 Å². The molecule has 0 spiro atoms. The summed E-state index contributed by atoms with van der Waals surface area (Å²) in [6.07, 6.45) is 2.14. The van der Waals surface area contributed by atoms with Crippen molar-refractivity contribution in [2.75, 3.05) is 0 Å². The van der Waals surface area contributed by atoms with Gasteiger partial charge in [-0.3, -0.25) is 4.57 Å². The van der Waals surface area contributed by atoms with Gasteiger partial charge in [-0.25, -0.2) is 9.97 Å². The second-order valence-electron chi connectivity index (χ2n) is 13.6. The third-order valence-corrected chi connectivity index (χ3v) is 9.23. The van der Waals surface area contributed by atoms with E-state index in [2.05, 4.69) is 141 Å². The van der Waals surface area contributed by atoms with Crippen molar-refractivity contribution in [3.8, 4) is 67.7 Å². The van der Waals surface area contributed by atoms with Crippen molar-refractivity contribution in [1.82, 2.24) is 14.5 Å². The molecule has 0 saturated heterocycles. The summed E-state index contributed by atoms with van der Waals surface area (Å²) in [5.41, 5.74) is 10.2. The van der Waals surface area contributed by atoms with Crippen LogP contribution >= 0.6 is 0 Å². The van der Waals surface area contributed by atoms with Crippen LogP contribution in [0.3, 0.4) is 0 Å². The van der Waals surface area contributed by atoms with E-state index in [-0.39, 0.29) is 32.2 Å².